The van der Waals surface area contributed by atoms with Gasteiger partial charge in [0.25, 0.3) is 0 Å². The number of anilines is 2. The third-order valence-electron chi connectivity index (χ3n) is 4.10. The number of amides is 1. The molecule has 4 nitrogen and oxygen atoms in total. The van der Waals surface area contributed by atoms with Gasteiger partial charge in [-0.15, -0.1) is 17.9 Å². The number of nitrogens with one attached hydrogen (secondary N) is 2. The predicted octanol–water partition coefficient (Wildman–Crippen LogP) is 5.56. The molecule has 0 aliphatic rings. The Morgan fingerprint density at radius 3 is 2.96 bits per heavy atom. The molecule has 1 heterocycles. The van der Waals surface area contributed by atoms with Gasteiger partial charge in [0.15, 0.2) is 5.13 Å². The number of hydrogen-bond donors (Lipinski definition) is 2. The van der Waals surface area contributed by atoms with E-state index in [1.165, 1.54) is 0 Å². The maximum atomic E-state index is 12.5. The van der Waals surface area contributed by atoms with Crippen molar-refractivity contribution in [2.45, 2.75) is 39.5 Å². The topological polar surface area (TPSA) is 54.0 Å². The molecule has 0 aliphatic heterocycles. The van der Waals surface area contributed by atoms with E-state index in [4.69, 9.17) is 0 Å². The molecule has 0 fully saturated rings. The van der Waals surface area contributed by atoms with Gasteiger partial charge in [-0.2, -0.15) is 0 Å². The van der Waals surface area contributed by atoms with Crippen LogP contribution in [-0.2, 0) is 4.79 Å². The molecule has 0 spiro atoms. The predicted molar refractivity (Wildman–Crippen MR) is 108 cm³/mol. The molecule has 0 saturated heterocycles. The molecule has 0 saturated carbocycles. The van der Waals surface area contributed by atoms with Crippen molar-refractivity contribution in [3.63, 3.8) is 0 Å². The number of benzene rings is 1. The average Bonchev–Trinajstić information content (AvgIpc) is 3.10. The molecule has 2 N–H and O–H groups in total. The zero-order valence-corrected chi connectivity index (χ0v) is 15.9. The third kappa shape index (κ3) is 5.71. The number of rotatable bonds is 10. The first-order chi connectivity index (χ1) is 12.2. The first-order valence-corrected chi connectivity index (χ1v) is 9.77. The lowest BCUT2D eigenvalue weighted by molar-refractivity contribution is -0.120. The summed E-state index contributed by atoms with van der Waals surface area (Å²) in [6, 6.07) is 7.87. The third-order valence-corrected chi connectivity index (χ3v) is 4.90. The lowest BCUT2D eigenvalue weighted by atomic mass is 9.98. The van der Waals surface area contributed by atoms with Crippen LogP contribution in [0.15, 0.2) is 42.3 Å². The maximum absolute atomic E-state index is 12.5. The molecule has 0 radical (unpaired) electrons. The van der Waals surface area contributed by atoms with Gasteiger partial charge in [-0.25, -0.2) is 4.98 Å². The Labute approximate surface area is 154 Å². The molecule has 2 aromatic rings. The lowest BCUT2D eigenvalue weighted by Crippen LogP contribution is -2.22. The van der Waals surface area contributed by atoms with Crippen LogP contribution in [0.25, 0.3) is 11.3 Å². The van der Waals surface area contributed by atoms with Crippen LogP contribution in [0.2, 0.25) is 0 Å². The molecular formula is C20H27N3OS. The van der Waals surface area contributed by atoms with E-state index in [2.05, 4.69) is 36.0 Å². The Morgan fingerprint density at radius 1 is 1.40 bits per heavy atom. The first kappa shape index (κ1) is 19.2. The van der Waals surface area contributed by atoms with Crippen LogP contribution in [0.3, 0.4) is 0 Å². The summed E-state index contributed by atoms with van der Waals surface area (Å²) in [6.07, 6.45) is 5.83. The standard InChI is InChI=1S/C20H27N3OS/c1-4-7-9-15(6-3)19(24)22-17-11-8-10-16(13-17)18-14-25-20(23-18)21-12-5-2/h5,8,10-11,13-15H,2,4,6-7,9,12H2,1,3H3,(H,21,23)(H,22,24)/t15-/m1/s1. The molecule has 0 aliphatic carbocycles. The van der Waals surface area contributed by atoms with E-state index in [1.807, 2.05) is 29.6 Å². The number of carbonyl (C=O) groups excluding carboxylic acids is 1. The summed E-state index contributed by atoms with van der Waals surface area (Å²) in [5.41, 5.74) is 2.74. The van der Waals surface area contributed by atoms with Crippen molar-refractivity contribution < 1.29 is 4.79 Å². The van der Waals surface area contributed by atoms with Gasteiger partial charge in [-0.3, -0.25) is 4.79 Å². The lowest BCUT2D eigenvalue weighted by Gasteiger charge is -2.15. The van der Waals surface area contributed by atoms with Crippen LogP contribution in [0.1, 0.15) is 39.5 Å². The average molecular weight is 358 g/mol. The highest BCUT2D eigenvalue weighted by Gasteiger charge is 2.16. The van der Waals surface area contributed by atoms with Crippen molar-refractivity contribution >= 4 is 28.1 Å². The zero-order chi connectivity index (χ0) is 18.1. The Kier molecular flexibility index (Phi) is 7.67. The maximum Gasteiger partial charge on any atom is 0.227 e. The largest absolute Gasteiger partial charge is 0.358 e. The van der Waals surface area contributed by atoms with Gasteiger partial charge in [-0.05, 0) is 25.0 Å². The fourth-order valence-corrected chi connectivity index (χ4v) is 3.35. The van der Waals surface area contributed by atoms with Crippen LogP contribution < -0.4 is 10.6 Å². The SMILES string of the molecule is C=CCNc1nc(-c2cccc(NC(=O)[C@H](CC)CCCC)c2)cs1. The van der Waals surface area contributed by atoms with E-state index >= 15 is 0 Å². The summed E-state index contributed by atoms with van der Waals surface area (Å²) in [5.74, 6) is 0.192. The second-order valence-corrected chi connectivity index (χ2v) is 6.88. The van der Waals surface area contributed by atoms with Crippen molar-refractivity contribution in [2.24, 2.45) is 5.92 Å². The second kappa shape index (κ2) is 9.99. The molecule has 1 aromatic heterocycles. The van der Waals surface area contributed by atoms with Gasteiger partial charge >= 0.3 is 0 Å². The Bertz CT molecular complexity index is 696. The van der Waals surface area contributed by atoms with Crippen molar-refractivity contribution in [3.8, 4) is 11.3 Å². The molecule has 0 unspecified atom stereocenters. The molecule has 2 rings (SSSR count). The van der Waals surface area contributed by atoms with Crippen LogP contribution in [0, 0.1) is 5.92 Å². The number of unbranched alkanes of at least 4 members (excludes halogenated alkanes) is 1. The van der Waals surface area contributed by atoms with Gasteiger partial charge in [0.2, 0.25) is 5.91 Å². The van der Waals surface area contributed by atoms with Crippen molar-refractivity contribution in [1.29, 1.82) is 0 Å². The van der Waals surface area contributed by atoms with E-state index < -0.39 is 0 Å². The number of hydrogen-bond acceptors (Lipinski definition) is 4. The van der Waals surface area contributed by atoms with Gasteiger partial charge < -0.3 is 10.6 Å². The summed E-state index contributed by atoms with van der Waals surface area (Å²) >= 11 is 1.56. The number of thiazole rings is 1. The van der Waals surface area contributed by atoms with E-state index in [9.17, 15) is 4.79 Å². The molecule has 0 bridgehead atoms. The van der Waals surface area contributed by atoms with Crippen LogP contribution in [0.5, 0.6) is 0 Å². The minimum Gasteiger partial charge on any atom is -0.358 e. The quantitative estimate of drug-likeness (QED) is 0.547. The number of aromatic nitrogens is 1. The molecule has 1 amide bonds. The fraction of sp³-hybridized carbons (Fsp3) is 0.400. The van der Waals surface area contributed by atoms with Crippen molar-refractivity contribution in [1.82, 2.24) is 4.98 Å². The van der Waals surface area contributed by atoms with Gasteiger partial charge in [0.1, 0.15) is 0 Å². The Hall–Kier alpha value is -2.14. The summed E-state index contributed by atoms with van der Waals surface area (Å²) in [4.78, 5) is 17.1. The minimum atomic E-state index is 0.0811. The summed E-state index contributed by atoms with van der Waals surface area (Å²) in [5, 5.41) is 9.14. The summed E-state index contributed by atoms with van der Waals surface area (Å²) in [7, 11) is 0. The Morgan fingerprint density at radius 2 is 2.24 bits per heavy atom. The first-order valence-electron chi connectivity index (χ1n) is 8.89. The molecule has 1 atom stereocenters. The van der Waals surface area contributed by atoms with Crippen molar-refractivity contribution in [3.05, 3.63) is 42.3 Å². The van der Waals surface area contributed by atoms with E-state index in [0.717, 1.165) is 47.8 Å². The minimum absolute atomic E-state index is 0.0811. The van der Waals surface area contributed by atoms with Gasteiger partial charge in [0.05, 0.1) is 5.69 Å². The van der Waals surface area contributed by atoms with E-state index in [1.54, 1.807) is 17.4 Å². The second-order valence-electron chi connectivity index (χ2n) is 6.02. The Balaban J connectivity index is 2.06. The fourth-order valence-electron chi connectivity index (χ4n) is 2.62. The summed E-state index contributed by atoms with van der Waals surface area (Å²) < 4.78 is 0. The number of nitrogens with zero attached hydrogens (tertiary/aromatic N) is 1. The monoisotopic (exact) mass is 357 g/mol. The zero-order valence-electron chi connectivity index (χ0n) is 15.0. The number of carbonyl (C=O) groups is 1. The summed E-state index contributed by atoms with van der Waals surface area (Å²) in [6.45, 7) is 8.61. The van der Waals surface area contributed by atoms with Gasteiger partial charge in [-0.1, -0.05) is 44.9 Å². The van der Waals surface area contributed by atoms with Crippen LogP contribution in [-0.4, -0.2) is 17.4 Å². The van der Waals surface area contributed by atoms with Crippen LogP contribution in [0.4, 0.5) is 10.8 Å². The highest BCUT2D eigenvalue weighted by molar-refractivity contribution is 7.14. The molecule has 134 valence electrons. The highest BCUT2D eigenvalue weighted by atomic mass is 32.1. The molecule has 25 heavy (non-hydrogen) atoms. The molecular weight excluding hydrogens is 330 g/mol. The smallest absolute Gasteiger partial charge is 0.227 e. The normalized spacial score (nSPS) is 11.8. The van der Waals surface area contributed by atoms with Gasteiger partial charge in [0, 0.05) is 29.1 Å². The highest BCUT2D eigenvalue weighted by Crippen LogP contribution is 2.27. The molecule has 1 aromatic carbocycles. The van der Waals surface area contributed by atoms with E-state index in [0.29, 0.717) is 6.54 Å². The molecule has 5 heteroatoms. The van der Waals surface area contributed by atoms with Crippen LogP contribution >= 0.6 is 11.3 Å². The van der Waals surface area contributed by atoms with E-state index in [-0.39, 0.29) is 11.8 Å². The van der Waals surface area contributed by atoms with Crippen molar-refractivity contribution in [2.75, 3.05) is 17.2 Å².